The highest BCUT2D eigenvalue weighted by molar-refractivity contribution is 6.02. The summed E-state index contributed by atoms with van der Waals surface area (Å²) in [7, 11) is 0. The van der Waals surface area contributed by atoms with E-state index in [-0.39, 0.29) is 17.7 Å². The van der Waals surface area contributed by atoms with Crippen LogP contribution in [0.2, 0.25) is 0 Å². The summed E-state index contributed by atoms with van der Waals surface area (Å²) in [5.74, 6) is -0.379. The summed E-state index contributed by atoms with van der Waals surface area (Å²) < 4.78 is 0. The fraction of sp³-hybridized carbons (Fsp3) is 0.296. The van der Waals surface area contributed by atoms with Crippen molar-refractivity contribution in [3.05, 3.63) is 101 Å². The van der Waals surface area contributed by atoms with Crippen molar-refractivity contribution in [2.24, 2.45) is 0 Å². The van der Waals surface area contributed by atoms with Crippen LogP contribution in [-0.4, -0.2) is 27.2 Å². The molecule has 3 aromatic rings. The van der Waals surface area contributed by atoms with Gasteiger partial charge in [0, 0.05) is 31.0 Å². The zero-order chi connectivity index (χ0) is 22.0. The lowest BCUT2D eigenvalue weighted by molar-refractivity contribution is -0.126. The Kier molecular flexibility index (Phi) is 5.48. The van der Waals surface area contributed by atoms with Crippen LogP contribution in [0, 0.1) is 0 Å². The SMILES string of the molecule is O=C(NCc1cccnc1)[C@H]1c2ccccc2C(=O)N(Cc2ccccc2)C12CCCC2. The number of pyridine rings is 1. The standard InChI is InChI=1S/C27H27N3O2/c31-25(29-18-21-11-8-16-28-17-21)24-22-12-4-5-13-23(22)26(32)30(27(24)14-6-7-15-27)19-20-9-2-1-3-10-20/h1-5,8-13,16-17,24H,6-7,14-15,18-19H2,(H,29,31)/t24-/m1/s1. The van der Waals surface area contributed by atoms with E-state index in [1.165, 1.54) is 0 Å². The van der Waals surface area contributed by atoms with Crippen molar-refractivity contribution >= 4 is 11.8 Å². The van der Waals surface area contributed by atoms with Gasteiger partial charge >= 0.3 is 0 Å². The molecular weight excluding hydrogens is 398 g/mol. The molecule has 0 saturated heterocycles. The summed E-state index contributed by atoms with van der Waals surface area (Å²) in [6.07, 6.45) is 7.21. The van der Waals surface area contributed by atoms with Crippen LogP contribution in [0.4, 0.5) is 0 Å². The first-order valence-electron chi connectivity index (χ1n) is 11.3. The largest absolute Gasteiger partial charge is 0.351 e. The lowest BCUT2D eigenvalue weighted by Crippen LogP contribution is -2.60. The van der Waals surface area contributed by atoms with Crippen LogP contribution < -0.4 is 5.32 Å². The molecule has 2 amide bonds. The Balaban J connectivity index is 1.54. The number of carbonyl (C=O) groups excluding carboxylic acids is 2. The van der Waals surface area contributed by atoms with E-state index < -0.39 is 5.54 Å². The van der Waals surface area contributed by atoms with E-state index >= 15 is 0 Å². The molecule has 5 heteroatoms. The van der Waals surface area contributed by atoms with E-state index in [9.17, 15) is 9.59 Å². The van der Waals surface area contributed by atoms with Crippen LogP contribution in [0.25, 0.3) is 0 Å². The first kappa shape index (κ1) is 20.4. The lowest BCUT2D eigenvalue weighted by Gasteiger charge is -2.50. The normalized spacial score (nSPS) is 19.1. The Bertz CT molecular complexity index is 1110. The fourth-order valence-electron chi connectivity index (χ4n) is 5.46. The lowest BCUT2D eigenvalue weighted by atomic mass is 9.71. The number of carbonyl (C=O) groups is 2. The van der Waals surface area contributed by atoms with Crippen LogP contribution in [0.15, 0.2) is 79.1 Å². The number of fused-ring (bicyclic) bond motifs is 1. The predicted octanol–water partition coefficient (Wildman–Crippen LogP) is 4.45. The quantitative estimate of drug-likeness (QED) is 0.657. The maximum absolute atomic E-state index is 13.7. The molecule has 2 heterocycles. The Labute approximate surface area is 188 Å². The van der Waals surface area contributed by atoms with Gasteiger partial charge in [-0.15, -0.1) is 0 Å². The van der Waals surface area contributed by atoms with Crippen molar-refractivity contribution in [1.29, 1.82) is 0 Å². The Morgan fingerprint density at radius 1 is 0.969 bits per heavy atom. The minimum absolute atomic E-state index is 0.0197. The average molecular weight is 426 g/mol. The van der Waals surface area contributed by atoms with Gasteiger partial charge in [-0.25, -0.2) is 0 Å². The van der Waals surface area contributed by atoms with E-state index in [0.717, 1.165) is 42.4 Å². The first-order chi connectivity index (χ1) is 15.7. The minimum atomic E-state index is -0.500. The number of benzene rings is 2. The second kappa shape index (κ2) is 8.58. The fourth-order valence-corrected chi connectivity index (χ4v) is 5.46. The molecule has 2 aliphatic rings. The Morgan fingerprint density at radius 2 is 1.69 bits per heavy atom. The second-order valence-corrected chi connectivity index (χ2v) is 8.79. The minimum Gasteiger partial charge on any atom is -0.351 e. The molecule has 5 rings (SSSR count). The molecule has 2 aromatic carbocycles. The molecule has 32 heavy (non-hydrogen) atoms. The molecule has 1 aliphatic carbocycles. The van der Waals surface area contributed by atoms with E-state index in [1.807, 2.05) is 71.6 Å². The number of hydrogen-bond acceptors (Lipinski definition) is 3. The molecule has 162 valence electrons. The van der Waals surface area contributed by atoms with Crippen LogP contribution in [0.5, 0.6) is 0 Å². The molecule has 1 aromatic heterocycles. The highest BCUT2D eigenvalue weighted by Crippen LogP contribution is 2.50. The van der Waals surface area contributed by atoms with Crippen LogP contribution in [0.1, 0.15) is 58.6 Å². The van der Waals surface area contributed by atoms with Gasteiger partial charge in [0.05, 0.1) is 11.5 Å². The van der Waals surface area contributed by atoms with Crippen molar-refractivity contribution in [3.63, 3.8) is 0 Å². The second-order valence-electron chi connectivity index (χ2n) is 8.79. The number of hydrogen-bond donors (Lipinski definition) is 1. The molecule has 1 fully saturated rings. The van der Waals surface area contributed by atoms with Gasteiger partial charge in [0.25, 0.3) is 5.91 Å². The van der Waals surface area contributed by atoms with Gasteiger partial charge in [-0.2, -0.15) is 0 Å². The van der Waals surface area contributed by atoms with Gasteiger partial charge < -0.3 is 10.2 Å². The maximum Gasteiger partial charge on any atom is 0.254 e. The molecule has 1 N–H and O–H groups in total. The zero-order valence-corrected chi connectivity index (χ0v) is 18.0. The van der Waals surface area contributed by atoms with Crippen LogP contribution in [-0.2, 0) is 17.9 Å². The third-order valence-electron chi connectivity index (χ3n) is 6.93. The van der Waals surface area contributed by atoms with Crippen LogP contribution in [0.3, 0.4) is 0 Å². The summed E-state index contributed by atoms with van der Waals surface area (Å²) >= 11 is 0. The highest BCUT2D eigenvalue weighted by Gasteiger charge is 2.55. The van der Waals surface area contributed by atoms with E-state index in [4.69, 9.17) is 0 Å². The highest BCUT2D eigenvalue weighted by atomic mass is 16.2. The van der Waals surface area contributed by atoms with Crippen molar-refractivity contribution in [1.82, 2.24) is 15.2 Å². The monoisotopic (exact) mass is 425 g/mol. The molecule has 0 unspecified atom stereocenters. The van der Waals surface area contributed by atoms with Gasteiger partial charge in [0.2, 0.25) is 5.91 Å². The van der Waals surface area contributed by atoms with Gasteiger partial charge in [-0.1, -0.05) is 67.4 Å². The molecule has 1 aliphatic heterocycles. The van der Waals surface area contributed by atoms with E-state index in [2.05, 4.69) is 10.3 Å². The third-order valence-corrected chi connectivity index (χ3v) is 6.93. The number of nitrogens with zero attached hydrogens (tertiary/aromatic N) is 2. The predicted molar refractivity (Wildman–Crippen MR) is 123 cm³/mol. The topological polar surface area (TPSA) is 62.3 Å². The number of amides is 2. The van der Waals surface area contributed by atoms with Gasteiger partial charge in [-0.3, -0.25) is 14.6 Å². The third kappa shape index (κ3) is 3.58. The number of nitrogens with one attached hydrogen (secondary N) is 1. The smallest absolute Gasteiger partial charge is 0.254 e. The summed E-state index contributed by atoms with van der Waals surface area (Å²) in [4.78, 5) is 33.6. The van der Waals surface area contributed by atoms with E-state index in [0.29, 0.717) is 18.7 Å². The van der Waals surface area contributed by atoms with Gasteiger partial charge in [0.15, 0.2) is 0 Å². The van der Waals surface area contributed by atoms with Crippen LogP contribution >= 0.6 is 0 Å². The molecular formula is C27H27N3O2. The molecule has 5 nitrogen and oxygen atoms in total. The summed E-state index contributed by atoms with van der Waals surface area (Å²) in [5, 5.41) is 3.14. The summed E-state index contributed by atoms with van der Waals surface area (Å²) in [6.45, 7) is 0.939. The summed E-state index contributed by atoms with van der Waals surface area (Å²) in [5.41, 5.74) is 3.04. The number of aromatic nitrogens is 1. The van der Waals surface area contributed by atoms with Crippen molar-refractivity contribution in [3.8, 4) is 0 Å². The molecule has 0 bridgehead atoms. The molecule has 1 saturated carbocycles. The average Bonchev–Trinajstić information content (AvgIpc) is 3.32. The Hall–Kier alpha value is -3.47. The van der Waals surface area contributed by atoms with Gasteiger partial charge in [0.1, 0.15) is 0 Å². The van der Waals surface area contributed by atoms with E-state index in [1.54, 1.807) is 12.4 Å². The van der Waals surface area contributed by atoms with Crippen molar-refractivity contribution in [2.45, 2.75) is 50.2 Å². The van der Waals surface area contributed by atoms with Crippen molar-refractivity contribution < 1.29 is 9.59 Å². The first-order valence-corrected chi connectivity index (χ1v) is 11.3. The molecule has 0 radical (unpaired) electrons. The zero-order valence-electron chi connectivity index (χ0n) is 18.0. The Morgan fingerprint density at radius 3 is 2.44 bits per heavy atom. The number of rotatable bonds is 5. The molecule has 1 atom stereocenters. The molecule has 1 spiro atoms. The summed E-state index contributed by atoms with van der Waals surface area (Å²) in [6, 6.07) is 21.5. The maximum atomic E-state index is 13.7. The van der Waals surface area contributed by atoms with Gasteiger partial charge in [-0.05, 0) is 41.7 Å². The van der Waals surface area contributed by atoms with Crippen molar-refractivity contribution in [2.75, 3.05) is 0 Å².